The summed E-state index contributed by atoms with van der Waals surface area (Å²) in [4.78, 5) is 19.6. The number of benzene rings is 1. The first-order chi connectivity index (χ1) is 15.0. The number of sulfone groups is 1. The summed E-state index contributed by atoms with van der Waals surface area (Å²) >= 11 is 0. The summed E-state index contributed by atoms with van der Waals surface area (Å²) in [5.41, 5.74) is 1.70. The number of hydrogen-bond acceptors (Lipinski definition) is 6. The summed E-state index contributed by atoms with van der Waals surface area (Å²) in [7, 11) is -3.03. The molecule has 1 amide bonds. The average Bonchev–Trinajstić information content (AvgIpc) is 3.28. The molecule has 1 aliphatic carbocycles. The summed E-state index contributed by atoms with van der Waals surface area (Å²) in [5, 5.41) is 3.03. The van der Waals surface area contributed by atoms with Crippen LogP contribution in [-0.2, 0) is 21.2 Å². The zero-order chi connectivity index (χ0) is 21.7. The minimum absolute atomic E-state index is 0.0750. The molecule has 0 spiro atoms. The summed E-state index contributed by atoms with van der Waals surface area (Å²) in [5.74, 6) is 0.577. The highest BCUT2D eigenvalue weighted by atomic mass is 32.2. The van der Waals surface area contributed by atoms with Crippen LogP contribution in [-0.4, -0.2) is 54.9 Å². The van der Waals surface area contributed by atoms with Crippen LogP contribution in [0.3, 0.4) is 0 Å². The minimum atomic E-state index is -3.03. The van der Waals surface area contributed by atoms with E-state index in [1.807, 2.05) is 47.4 Å². The average molecular weight is 444 g/mol. The number of pyridine rings is 1. The van der Waals surface area contributed by atoms with Crippen LogP contribution >= 0.6 is 0 Å². The van der Waals surface area contributed by atoms with Crippen LogP contribution in [0.1, 0.15) is 42.9 Å². The molecule has 2 heterocycles. The summed E-state index contributed by atoms with van der Waals surface area (Å²) in [6.07, 6.45) is 6.32. The fraction of sp³-hybridized carbons (Fsp3) is 0.478. The van der Waals surface area contributed by atoms with Gasteiger partial charge in [0.05, 0.1) is 11.5 Å². The maximum atomic E-state index is 13.3. The summed E-state index contributed by atoms with van der Waals surface area (Å²) in [6.45, 7) is 1.00. The molecule has 1 unspecified atom stereocenters. The van der Waals surface area contributed by atoms with Crippen molar-refractivity contribution in [3.8, 4) is 5.88 Å². The summed E-state index contributed by atoms with van der Waals surface area (Å²) < 4.78 is 29.8. The normalized spacial score (nSPS) is 20.3. The van der Waals surface area contributed by atoms with E-state index in [9.17, 15) is 13.2 Å². The molecule has 2 aliphatic rings. The van der Waals surface area contributed by atoms with Crippen molar-refractivity contribution in [1.82, 2.24) is 15.2 Å². The summed E-state index contributed by atoms with van der Waals surface area (Å²) in [6, 6.07) is 12.7. The molecular formula is C23H29N3O4S. The third kappa shape index (κ3) is 5.62. The number of aromatic nitrogens is 1. The molecule has 0 bridgehead atoms. The van der Waals surface area contributed by atoms with Gasteiger partial charge in [0.1, 0.15) is 12.1 Å². The van der Waals surface area contributed by atoms with Gasteiger partial charge in [0.25, 0.3) is 0 Å². The van der Waals surface area contributed by atoms with Crippen LogP contribution in [0.5, 0.6) is 5.88 Å². The number of ether oxygens (including phenoxy) is 1. The van der Waals surface area contributed by atoms with E-state index in [0.29, 0.717) is 25.5 Å². The Bertz CT molecular complexity index is 977. The maximum Gasteiger partial charge on any atom is 0.242 e. The molecule has 0 radical (unpaired) electrons. The molecule has 7 nitrogen and oxygen atoms in total. The van der Waals surface area contributed by atoms with Crippen molar-refractivity contribution in [2.24, 2.45) is 0 Å². The fourth-order valence-corrected chi connectivity index (χ4v) is 5.49. The van der Waals surface area contributed by atoms with Crippen LogP contribution in [0, 0.1) is 0 Å². The fourth-order valence-electron chi connectivity index (χ4n) is 4.26. The van der Waals surface area contributed by atoms with Crippen molar-refractivity contribution in [2.45, 2.75) is 44.4 Å². The van der Waals surface area contributed by atoms with Gasteiger partial charge in [-0.1, -0.05) is 36.4 Å². The largest absolute Gasteiger partial charge is 0.474 e. The smallest absolute Gasteiger partial charge is 0.242 e. The van der Waals surface area contributed by atoms with Gasteiger partial charge in [-0.2, -0.15) is 0 Å². The van der Waals surface area contributed by atoms with Gasteiger partial charge in [0.2, 0.25) is 11.8 Å². The van der Waals surface area contributed by atoms with E-state index >= 15 is 0 Å². The third-order valence-electron chi connectivity index (χ3n) is 5.99. The Labute approximate surface area is 183 Å². The third-order valence-corrected chi connectivity index (χ3v) is 7.60. The lowest BCUT2D eigenvalue weighted by Crippen LogP contribution is -2.47. The molecule has 1 aromatic carbocycles. The molecule has 8 heteroatoms. The van der Waals surface area contributed by atoms with Crippen LogP contribution in [0.4, 0.5) is 0 Å². The number of amides is 1. The Morgan fingerprint density at radius 1 is 1.10 bits per heavy atom. The highest BCUT2D eigenvalue weighted by Gasteiger charge is 2.32. The molecule has 1 aromatic heterocycles. The van der Waals surface area contributed by atoms with E-state index in [1.165, 1.54) is 12.8 Å². The van der Waals surface area contributed by atoms with Crippen molar-refractivity contribution in [2.75, 3.05) is 24.6 Å². The molecular weight excluding hydrogens is 414 g/mol. The number of nitrogens with zero attached hydrogens (tertiary/aromatic N) is 2. The lowest BCUT2D eigenvalue weighted by Gasteiger charge is -2.33. The van der Waals surface area contributed by atoms with Gasteiger partial charge in [-0.05, 0) is 37.3 Å². The van der Waals surface area contributed by atoms with Crippen LogP contribution in [0.2, 0.25) is 0 Å². The molecule has 1 saturated heterocycles. The highest BCUT2D eigenvalue weighted by Crippen LogP contribution is 2.26. The standard InChI is InChI=1S/C23H29N3O4S/c27-22(25-17-19-9-6-12-24-23(19)30-20-10-4-5-11-20)21(18-7-2-1-3-8-18)26-13-15-31(28,29)16-14-26/h1-3,6-9,12,20-21H,4-5,10-11,13-17H2,(H,25,27). The van der Waals surface area contributed by atoms with Crippen molar-refractivity contribution < 1.29 is 17.9 Å². The van der Waals surface area contributed by atoms with E-state index in [-0.39, 0.29) is 23.5 Å². The lowest BCUT2D eigenvalue weighted by atomic mass is 10.0. The van der Waals surface area contributed by atoms with Crippen molar-refractivity contribution in [3.63, 3.8) is 0 Å². The SMILES string of the molecule is O=C(NCc1cccnc1OC1CCCC1)C(c1ccccc1)N1CCS(=O)(=O)CC1. The zero-order valence-corrected chi connectivity index (χ0v) is 18.4. The van der Waals surface area contributed by atoms with Gasteiger partial charge in [-0.15, -0.1) is 0 Å². The second-order valence-corrected chi connectivity index (χ2v) is 10.5. The van der Waals surface area contributed by atoms with Gasteiger partial charge < -0.3 is 10.1 Å². The molecule has 4 rings (SSSR count). The Balaban J connectivity index is 1.47. The predicted molar refractivity (Wildman–Crippen MR) is 118 cm³/mol. The first-order valence-electron chi connectivity index (χ1n) is 10.9. The molecule has 2 fully saturated rings. The topological polar surface area (TPSA) is 88.6 Å². The Morgan fingerprint density at radius 2 is 1.81 bits per heavy atom. The van der Waals surface area contributed by atoms with E-state index < -0.39 is 15.9 Å². The zero-order valence-electron chi connectivity index (χ0n) is 17.6. The molecule has 1 aliphatic heterocycles. The molecule has 31 heavy (non-hydrogen) atoms. The van der Waals surface area contributed by atoms with E-state index in [0.717, 1.165) is 24.0 Å². The first kappa shape index (κ1) is 21.8. The van der Waals surface area contributed by atoms with Crippen LogP contribution in [0.15, 0.2) is 48.7 Å². The molecule has 2 aromatic rings. The quantitative estimate of drug-likeness (QED) is 0.707. The predicted octanol–water partition coefficient (Wildman–Crippen LogP) is 2.49. The molecule has 1 atom stereocenters. The molecule has 1 saturated carbocycles. The Kier molecular flexibility index (Phi) is 6.87. The number of carbonyl (C=O) groups excluding carboxylic acids is 1. The van der Waals surface area contributed by atoms with E-state index in [2.05, 4.69) is 10.3 Å². The number of hydrogen-bond donors (Lipinski definition) is 1. The van der Waals surface area contributed by atoms with Crippen molar-refractivity contribution in [3.05, 3.63) is 59.8 Å². The first-order valence-corrected chi connectivity index (χ1v) is 12.7. The highest BCUT2D eigenvalue weighted by molar-refractivity contribution is 7.91. The van der Waals surface area contributed by atoms with Gasteiger partial charge in [0, 0.05) is 31.4 Å². The van der Waals surface area contributed by atoms with E-state index in [1.54, 1.807) is 6.20 Å². The van der Waals surface area contributed by atoms with Crippen LogP contribution < -0.4 is 10.1 Å². The second-order valence-electron chi connectivity index (χ2n) is 8.21. The monoisotopic (exact) mass is 443 g/mol. The molecule has 166 valence electrons. The molecule has 1 N–H and O–H groups in total. The van der Waals surface area contributed by atoms with Crippen molar-refractivity contribution in [1.29, 1.82) is 0 Å². The van der Waals surface area contributed by atoms with Crippen LogP contribution in [0.25, 0.3) is 0 Å². The van der Waals surface area contributed by atoms with Gasteiger partial charge in [-0.25, -0.2) is 13.4 Å². The number of nitrogens with one attached hydrogen (secondary N) is 1. The Morgan fingerprint density at radius 3 is 2.52 bits per heavy atom. The lowest BCUT2D eigenvalue weighted by molar-refractivity contribution is -0.126. The maximum absolute atomic E-state index is 13.3. The number of carbonyl (C=O) groups is 1. The van der Waals surface area contributed by atoms with Gasteiger partial charge >= 0.3 is 0 Å². The van der Waals surface area contributed by atoms with E-state index in [4.69, 9.17) is 4.74 Å². The minimum Gasteiger partial charge on any atom is -0.474 e. The van der Waals surface area contributed by atoms with Gasteiger partial charge in [0.15, 0.2) is 9.84 Å². The Hall–Kier alpha value is -2.45. The second kappa shape index (κ2) is 9.78. The van der Waals surface area contributed by atoms with Gasteiger partial charge in [-0.3, -0.25) is 9.69 Å². The number of rotatable bonds is 7. The van der Waals surface area contributed by atoms with Crippen molar-refractivity contribution >= 4 is 15.7 Å².